The molecule has 4 nitrogen and oxygen atoms in total. The summed E-state index contributed by atoms with van der Waals surface area (Å²) in [5, 5.41) is 2.99. The van der Waals surface area contributed by atoms with E-state index in [0.717, 1.165) is 30.7 Å². The fourth-order valence-electron chi connectivity index (χ4n) is 3.67. The van der Waals surface area contributed by atoms with Gasteiger partial charge < -0.3 is 15.8 Å². The predicted molar refractivity (Wildman–Crippen MR) is 78.3 cm³/mol. The van der Waals surface area contributed by atoms with Crippen LogP contribution in [-0.2, 0) is 9.53 Å². The minimum atomic E-state index is -0.146. The van der Waals surface area contributed by atoms with E-state index >= 15 is 0 Å². The summed E-state index contributed by atoms with van der Waals surface area (Å²) in [6, 6.07) is 0. The number of fused-ring (bicyclic) bond motifs is 2. The van der Waals surface area contributed by atoms with Gasteiger partial charge in [-0.05, 0) is 43.4 Å². The number of ether oxygens (including phenoxy) is 1. The second-order valence-electron chi connectivity index (χ2n) is 5.87. The molecule has 19 heavy (non-hydrogen) atoms. The molecular formula is C14H27ClN2O2. The molecule has 0 spiro atoms. The molecule has 2 aliphatic rings. The van der Waals surface area contributed by atoms with Crippen LogP contribution in [0.5, 0.6) is 0 Å². The highest BCUT2D eigenvalue weighted by atomic mass is 35.5. The maximum Gasteiger partial charge on any atom is 0.222 e. The van der Waals surface area contributed by atoms with Crippen molar-refractivity contribution in [1.29, 1.82) is 0 Å². The molecule has 2 rings (SSSR count). The van der Waals surface area contributed by atoms with Crippen molar-refractivity contribution in [1.82, 2.24) is 5.32 Å². The number of halogens is 1. The SMILES string of the molecule is COC(CN)CC(=O)NCCC1CC2CCC1C2.Cl. The summed E-state index contributed by atoms with van der Waals surface area (Å²) in [4.78, 5) is 11.7. The Hall–Kier alpha value is -0.320. The maximum atomic E-state index is 11.7. The number of amides is 1. The van der Waals surface area contributed by atoms with E-state index in [-0.39, 0.29) is 24.4 Å². The summed E-state index contributed by atoms with van der Waals surface area (Å²) in [5.41, 5.74) is 5.50. The zero-order chi connectivity index (χ0) is 13.0. The van der Waals surface area contributed by atoms with Crippen LogP contribution in [0.15, 0.2) is 0 Å². The minimum absolute atomic E-state index is 0. The van der Waals surface area contributed by atoms with Crippen LogP contribution in [-0.4, -0.2) is 32.2 Å². The van der Waals surface area contributed by atoms with E-state index in [4.69, 9.17) is 10.5 Å². The van der Waals surface area contributed by atoms with Crippen molar-refractivity contribution in [2.75, 3.05) is 20.2 Å². The Kier molecular flexibility index (Phi) is 7.11. The summed E-state index contributed by atoms with van der Waals surface area (Å²) in [6.07, 6.45) is 7.08. The number of carbonyl (C=O) groups is 1. The third-order valence-electron chi connectivity index (χ3n) is 4.73. The summed E-state index contributed by atoms with van der Waals surface area (Å²) in [7, 11) is 1.60. The number of hydrogen-bond donors (Lipinski definition) is 2. The van der Waals surface area contributed by atoms with Crippen molar-refractivity contribution in [2.24, 2.45) is 23.5 Å². The lowest BCUT2D eigenvalue weighted by molar-refractivity contribution is -0.123. The first-order valence-electron chi connectivity index (χ1n) is 7.22. The van der Waals surface area contributed by atoms with Gasteiger partial charge in [-0.2, -0.15) is 0 Å². The van der Waals surface area contributed by atoms with Gasteiger partial charge in [0.2, 0.25) is 5.91 Å². The van der Waals surface area contributed by atoms with Crippen molar-refractivity contribution >= 4 is 18.3 Å². The van der Waals surface area contributed by atoms with Gasteiger partial charge in [-0.15, -0.1) is 12.4 Å². The Bertz CT molecular complexity index is 285. The molecule has 2 saturated carbocycles. The summed E-state index contributed by atoms with van der Waals surface area (Å²) < 4.78 is 5.10. The first kappa shape index (κ1) is 16.7. The molecule has 0 aromatic heterocycles. The molecule has 2 aliphatic carbocycles. The third kappa shape index (κ3) is 4.62. The lowest BCUT2D eigenvalue weighted by Gasteiger charge is -2.21. The van der Waals surface area contributed by atoms with Crippen molar-refractivity contribution in [3.8, 4) is 0 Å². The molecule has 1 amide bonds. The molecule has 4 unspecified atom stereocenters. The van der Waals surface area contributed by atoms with Gasteiger partial charge in [-0.25, -0.2) is 0 Å². The molecule has 0 aliphatic heterocycles. The van der Waals surface area contributed by atoms with E-state index in [2.05, 4.69) is 5.32 Å². The Morgan fingerprint density at radius 2 is 2.21 bits per heavy atom. The van der Waals surface area contributed by atoms with Gasteiger partial charge in [0.1, 0.15) is 0 Å². The Morgan fingerprint density at radius 1 is 1.42 bits per heavy atom. The van der Waals surface area contributed by atoms with Gasteiger partial charge in [-0.3, -0.25) is 4.79 Å². The molecule has 0 heterocycles. The monoisotopic (exact) mass is 290 g/mol. The quantitative estimate of drug-likeness (QED) is 0.750. The number of rotatable bonds is 7. The predicted octanol–water partition coefficient (Wildman–Crippen LogP) is 1.71. The molecule has 3 N–H and O–H groups in total. The molecule has 5 heteroatoms. The van der Waals surface area contributed by atoms with E-state index in [9.17, 15) is 4.79 Å². The summed E-state index contributed by atoms with van der Waals surface area (Å²) in [5.74, 6) is 2.86. The normalized spacial score (nSPS) is 29.9. The second kappa shape index (κ2) is 8.08. The highest BCUT2D eigenvalue weighted by Crippen LogP contribution is 2.49. The zero-order valence-electron chi connectivity index (χ0n) is 11.8. The lowest BCUT2D eigenvalue weighted by atomic mass is 9.86. The molecule has 0 saturated heterocycles. The van der Waals surface area contributed by atoms with Crippen LogP contribution in [0.4, 0.5) is 0 Å². The van der Waals surface area contributed by atoms with Crippen LogP contribution < -0.4 is 11.1 Å². The average Bonchev–Trinajstić information content (AvgIpc) is 2.98. The van der Waals surface area contributed by atoms with E-state index in [0.29, 0.717) is 13.0 Å². The molecule has 0 aromatic rings. The second-order valence-corrected chi connectivity index (χ2v) is 5.87. The first-order valence-corrected chi connectivity index (χ1v) is 7.22. The van der Waals surface area contributed by atoms with E-state index in [1.54, 1.807) is 7.11 Å². The molecule has 4 atom stereocenters. The Labute approximate surface area is 122 Å². The van der Waals surface area contributed by atoms with Crippen LogP contribution in [0.2, 0.25) is 0 Å². The standard InChI is InChI=1S/C14H26N2O2.ClH/c1-18-13(9-15)8-14(17)16-5-4-12-7-10-2-3-11(12)6-10;/h10-13H,2-9,15H2,1H3,(H,16,17);1H. The minimum Gasteiger partial charge on any atom is -0.380 e. The van der Waals surface area contributed by atoms with Crippen LogP contribution >= 0.6 is 12.4 Å². The average molecular weight is 291 g/mol. The van der Waals surface area contributed by atoms with Gasteiger partial charge in [0, 0.05) is 20.2 Å². The third-order valence-corrected chi connectivity index (χ3v) is 4.73. The van der Waals surface area contributed by atoms with Gasteiger partial charge in [0.05, 0.1) is 12.5 Å². The van der Waals surface area contributed by atoms with Gasteiger partial charge in [0.25, 0.3) is 0 Å². The van der Waals surface area contributed by atoms with Crippen LogP contribution in [0.25, 0.3) is 0 Å². The van der Waals surface area contributed by atoms with E-state index in [1.807, 2.05) is 0 Å². The van der Waals surface area contributed by atoms with Gasteiger partial charge in [-0.1, -0.05) is 6.42 Å². The van der Waals surface area contributed by atoms with Gasteiger partial charge in [0.15, 0.2) is 0 Å². The maximum absolute atomic E-state index is 11.7. The Balaban J connectivity index is 0.00000180. The topological polar surface area (TPSA) is 64.3 Å². The molecular weight excluding hydrogens is 264 g/mol. The number of nitrogens with one attached hydrogen (secondary N) is 1. The van der Waals surface area contributed by atoms with Crippen molar-refractivity contribution in [3.05, 3.63) is 0 Å². The highest BCUT2D eigenvalue weighted by molar-refractivity contribution is 5.85. The fourth-order valence-corrected chi connectivity index (χ4v) is 3.67. The number of hydrogen-bond acceptors (Lipinski definition) is 3. The number of methoxy groups -OCH3 is 1. The lowest BCUT2D eigenvalue weighted by Crippen LogP contribution is -2.33. The molecule has 2 fully saturated rings. The molecule has 2 bridgehead atoms. The Morgan fingerprint density at radius 3 is 2.74 bits per heavy atom. The van der Waals surface area contributed by atoms with E-state index in [1.165, 1.54) is 25.7 Å². The van der Waals surface area contributed by atoms with E-state index < -0.39 is 0 Å². The van der Waals surface area contributed by atoms with Crippen LogP contribution in [0, 0.1) is 17.8 Å². The van der Waals surface area contributed by atoms with Crippen LogP contribution in [0.1, 0.15) is 38.5 Å². The first-order chi connectivity index (χ1) is 8.72. The summed E-state index contributed by atoms with van der Waals surface area (Å²) in [6.45, 7) is 1.21. The number of carbonyl (C=O) groups excluding carboxylic acids is 1. The molecule has 0 radical (unpaired) electrons. The largest absolute Gasteiger partial charge is 0.380 e. The van der Waals surface area contributed by atoms with Crippen molar-refractivity contribution in [2.45, 2.75) is 44.6 Å². The molecule has 0 aromatic carbocycles. The highest BCUT2D eigenvalue weighted by Gasteiger charge is 2.38. The van der Waals surface area contributed by atoms with Crippen molar-refractivity contribution in [3.63, 3.8) is 0 Å². The zero-order valence-corrected chi connectivity index (χ0v) is 12.6. The fraction of sp³-hybridized carbons (Fsp3) is 0.929. The number of nitrogens with two attached hydrogens (primary N) is 1. The molecule has 112 valence electrons. The van der Waals surface area contributed by atoms with Crippen LogP contribution in [0.3, 0.4) is 0 Å². The van der Waals surface area contributed by atoms with Gasteiger partial charge >= 0.3 is 0 Å². The smallest absolute Gasteiger partial charge is 0.222 e. The van der Waals surface area contributed by atoms with Crippen molar-refractivity contribution < 1.29 is 9.53 Å². The summed E-state index contributed by atoms with van der Waals surface area (Å²) >= 11 is 0.